The Kier molecular flexibility index (Phi) is 5.21. The summed E-state index contributed by atoms with van der Waals surface area (Å²) in [6.45, 7) is 3.68. The van der Waals surface area contributed by atoms with Gasteiger partial charge in [0.15, 0.2) is 6.61 Å². The summed E-state index contributed by atoms with van der Waals surface area (Å²) in [6, 6.07) is 6.64. The molecule has 22 heavy (non-hydrogen) atoms. The summed E-state index contributed by atoms with van der Waals surface area (Å²) in [5, 5.41) is 0.580. The van der Waals surface area contributed by atoms with Crippen LogP contribution in [0.15, 0.2) is 28.7 Å². The molecule has 1 aromatic carbocycles. The minimum absolute atomic E-state index is 0.0123. The maximum Gasteiger partial charge on any atom is 0.328 e. The molecule has 0 aliphatic rings. The van der Waals surface area contributed by atoms with Gasteiger partial charge in [-0.25, -0.2) is 9.78 Å². The third-order valence-electron chi connectivity index (χ3n) is 3.31. The molecule has 0 saturated heterocycles. The van der Waals surface area contributed by atoms with Crippen molar-refractivity contribution >= 4 is 17.6 Å². The van der Waals surface area contributed by atoms with Gasteiger partial charge in [-0.3, -0.25) is 4.90 Å². The molecule has 0 bridgehead atoms. The van der Waals surface area contributed by atoms with Crippen LogP contribution in [0.25, 0.3) is 0 Å². The molecule has 2 rings (SSSR count). The first-order chi connectivity index (χ1) is 10.4. The molecule has 118 valence electrons. The van der Waals surface area contributed by atoms with Crippen molar-refractivity contribution in [1.82, 2.24) is 9.88 Å². The molecule has 0 saturated carbocycles. The maximum absolute atomic E-state index is 12.4. The van der Waals surface area contributed by atoms with Crippen molar-refractivity contribution in [3.63, 3.8) is 0 Å². The molecule has 0 amide bonds. The van der Waals surface area contributed by atoms with E-state index in [4.69, 9.17) is 20.8 Å². The van der Waals surface area contributed by atoms with E-state index in [0.717, 1.165) is 17.0 Å². The minimum Gasteiger partial charge on any atom is -0.454 e. The van der Waals surface area contributed by atoms with Crippen molar-refractivity contribution in [1.29, 1.82) is 0 Å². The molecule has 1 unspecified atom stereocenters. The van der Waals surface area contributed by atoms with Crippen LogP contribution in [0.5, 0.6) is 0 Å². The largest absolute Gasteiger partial charge is 0.454 e. The number of hydrogen-bond donors (Lipinski definition) is 0. The quantitative estimate of drug-likeness (QED) is 0.791. The highest BCUT2D eigenvalue weighted by Gasteiger charge is 2.25. The Hall–Kier alpha value is -1.85. The Morgan fingerprint density at radius 3 is 2.68 bits per heavy atom. The lowest BCUT2D eigenvalue weighted by Crippen LogP contribution is -2.29. The van der Waals surface area contributed by atoms with Crippen LogP contribution in [-0.4, -0.2) is 29.9 Å². The van der Waals surface area contributed by atoms with E-state index in [1.807, 2.05) is 40.1 Å². The number of ether oxygens (including phenoxy) is 1. The topological polar surface area (TPSA) is 55.6 Å². The van der Waals surface area contributed by atoms with Crippen LogP contribution in [0.3, 0.4) is 0 Å². The fourth-order valence-corrected chi connectivity index (χ4v) is 2.33. The van der Waals surface area contributed by atoms with Crippen molar-refractivity contribution in [2.75, 3.05) is 14.1 Å². The number of nitrogens with zero attached hydrogens (tertiary/aromatic N) is 2. The van der Waals surface area contributed by atoms with E-state index in [9.17, 15) is 4.79 Å². The lowest BCUT2D eigenvalue weighted by atomic mass is 10.1. The van der Waals surface area contributed by atoms with Crippen LogP contribution in [0, 0.1) is 13.8 Å². The van der Waals surface area contributed by atoms with Crippen molar-refractivity contribution in [3.8, 4) is 0 Å². The van der Waals surface area contributed by atoms with Gasteiger partial charge in [-0.2, -0.15) is 0 Å². The smallest absolute Gasteiger partial charge is 0.328 e. The molecule has 1 heterocycles. The van der Waals surface area contributed by atoms with Gasteiger partial charge in [-0.05, 0) is 45.6 Å². The average Bonchev–Trinajstić information content (AvgIpc) is 2.75. The predicted octanol–water partition coefficient (Wildman–Crippen LogP) is 3.29. The summed E-state index contributed by atoms with van der Waals surface area (Å²) >= 11 is 6.00. The minimum atomic E-state index is -0.532. The van der Waals surface area contributed by atoms with Crippen LogP contribution >= 0.6 is 11.6 Å². The lowest BCUT2D eigenvalue weighted by molar-refractivity contribution is -0.151. The van der Waals surface area contributed by atoms with E-state index in [0.29, 0.717) is 10.9 Å². The number of oxazole rings is 1. The second-order valence-electron chi connectivity index (χ2n) is 5.28. The lowest BCUT2D eigenvalue weighted by Gasteiger charge is -2.22. The van der Waals surface area contributed by atoms with Crippen molar-refractivity contribution < 1.29 is 13.9 Å². The van der Waals surface area contributed by atoms with Gasteiger partial charge in [0.2, 0.25) is 5.89 Å². The summed E-state index contributed by atoms with van der Waals surface area (Å²) in [4.78, 5) is 18.4. The number of likely N-dealkylation sites (N-methyl/N-ethyl adjacent to an activating group) is 1. The molecule has 1 aromatic heterocycles. The molecule has 0 fully saturated rings. The van der Waals surface area contributed by atoms with E-state index in [2.05, 4.69) is 4.98 Å². The summed E-state index contributed by atoms with van der Waals surface area (Å²) in [5.41, 5.74) is 1.58. The number of aromatic nitrogens is 1. The maximum atomic E-state index is 12.4. The number of carbonyl (C=O) groups excluding carboxylic acids is 1. The van der Waals surface area contributed by atoms with Crippen LogP contribution in [0.4, 0.5) is 0 Å². The van der Waals surface area contributed by atoms with Crippen LogP contribution in [0.2, 0.25) is 5.02 Å². The van der Waals surface area contributed by atoms with Crippen LogP contribution in [0.1, 0.15) is 29.0 Å². The van der Waals surface area contributed by atoms with Crippen LogP contribution < -0.4 is 0 Å². The Labute approximate surface area is 134 Å². The molecular weight excluding hydrogens is 304 g/mol. The zero-order valence-electron chi connectivity index (χ0n) is 13.1. The fraction of sp³-hybridized carbons (Fsp3) is 0.375. The highest BCUT2D eigenvalue weighted by molar-refractivity contribution is 6.30. The van der Waals surface area contributed by atoms with Gasteiger partial charge in [-0.15, -0.1) is 0 Å². The molecule has 1 atom stereocenters. The number of benzene rings is 1. The third kappa shape index (κ3) is 3.87. The summed E-state index contributed by atoms with van der Waals surface area (Å²) in [7, 11) is 3.62. The Bertz CT molecular complexity index is 648. The highest BCUT2D eigenvalue weighted by Crippen LogP contribution is 2.23. The van der Waals surface area contributed by atoms with Crippen molar-refractivity contribution in [3.05, 3.63) is 52.2 Å². The molecular formula is C16H19ClN2O3. The highest BCUT2D eigenvalue weighted by atomic mass is 35.5. The summed E-state index contributed by atoms with van der Waals surface area (Å²) in [6.07, 6.45) is 0. The first-order valence-electron chi connectivity index (χ1n) is 6.90. The van der Waals surface area contributed by atoms with Gasteiger partial charge < -0.3 is 9.15 Å². The number of aryl methyl sites for hydroxylation is 2. The van der Waals surface area contributed by atoms with Gasteiger partial charge >= 0.3 is 5.97 Å². The van der Waals surface area contributed by atoms with Gasteiger partial charge in [0.25, 0.3) is 0 Å². The second-order valence-corrected chi connectivity index (χ2v) is 5.71. The number of esters is 1. The van der Waals surface area contributed by atoms with Crippen LogP contribution in [-0.2, 0) is 16.1 Å². The molecule has 5 nitrogen and oxygen atoms in total. The third-order valence-corrected chi connectivity index (χ3v) is 3.55. The SMILES string of the molecule is Cc1nc(COC(=O)C(c2cccc(Cl)c2)N(C)C)oc1C. The van der Waals surface area contributed by atoms with E-state index in [-0.39, 0.29) is 12.6 Å². The van der Waals surface area contributed by atoms with E-state index in [1.54, 1.807) is 17.0 Å². The van der Waals surface area contributed by atoms with Gasteiger partial charge in [0, 0.05) is 5.02 Å². The summed E-state index contributed by atoms with van der Waals surface area (Å²) in [5.74, 6) is 0.748. The molecule has 0 aliphatic heterocycles. The number of halogens is 1. The van der Waals surface area contributed by atoms with Gasteiger partial charge in [0.05, 0.1) is 5.69 Å². The first kappa shape index (κ1) is 16.5. The van der Waals surface area contributed by atoms with E-state index < -0.39 is 6.04 Å². The Balaban J connectivity index is 2.10. The van der Waals surface area contributed by atoms with Crippen molar-refractivity contribution in [2.45, 2.75) is 26.5 Å². The predicted molar refractivity (Wildman–Crippen MR) is 83.7 cm³/mol. The monoisotopic (exact) mass is 322 g/mol. The number of hydrogen-bond acceptors (Lipinski definition) is 5. The van der Waals surface area contributed by atoms with Gasteiger partial charge in [0.1, 0.15) is 11.8 Å². The van der Waals surface area contributed by atoms with Gasteiger partial charge in [-0.1, -0.05) is 23.7 Å². The normalized spacial score (nSPS) is 12.5. The molecule has 0 aliphatic carbocycles. The molecule has 0 N–H and O–H groups in total. The molecule has 0 radical (unpaired) electrons. The second kappa shape index (κ2) is 6.94. The molecule has 6 heteroatoms. The zero-order valence-corrected chi connectivity index (χ0v) is 13.8. The standard InChI is InChI=1S/C16H19ClN2O3/c1-10-11(2)22-14(18-10)9-21-16(20)15(19(3)4)12-6-5-7-13(17)8-12/h5-8,15H,9H2,1-4H3. The van der Waals surface area contributed by atoms with Crippen molar-refractivity contribution in [2.24, 2.45) is 0 Å². The Morgan fingerprint density at radius 2 is 2.14 bits per heavy atom. The Morgan fingerprint density at radius 1 is 1.41 bits per heavy atom. The molecule has 2 aromatic rings. The van der Waals surface area contributed by atoms with E-state index >= 15 is 0 Å². The number of rotatable bonds is 5. The number of carbonyl (C=O) groups is 1. The fourth-order valence-electron chi connectivity index (χ4n) is 2.13. The summed E-state index contributed by atoms with van der Waals surface area (Å²) < 4.78 is 10.7. The van der Waals surface area contributed by atoms with E-state index in [1.165, 1.54) is 0 Å². The zero-order chi connectivity index (χ0) is 16.3. The molecule has 0 spiro atoms. The first-order valence-corrected chi connectivity index (χ1v) is 7.27. The average molecular weight is 323 g/mol.